The topological polar surface area (TPSA) is 20.2 Å². The van der Waals surface area contributed by atoms with E-state index in [0.717, 1.165) is 25.7 Å². The molecule has 0 radical (unpaired) electrons. The number of rotatable bonds is 8. The van der Waals surface area contributed by atoms with E-state index in [2.05, 4.69) is 38.1 Å². The number of aliphatic hydroxyl groups is 1. The highest BCUT2D eigenvalue weighted by molar-refractivity contribution is 5.14. The normalized spacial score (nSPS) is 12.9. The lowest BCUT2D eigenvalue weighted by Crippen LogP contribution is -2.13. The first kappa shape index (κ1) is 14.2. The van der Waals surface area contributed by atoms with Crippen LogP contribution in [0.1, 0.15) is 51.5 Å². The summed E-state index contributed by atoms with van der Waals surface area (Å²) >= 11 is 0. The second kappa shape index (κ2) is 8.30. The summed E-state index contributed by atoms with van der Waals surface area (Å²) in [7, 11) is 0. The van der Waals surface area contributed by atoms with E-state index in [9.17, 15) is 5.11 Å². The highest BCUT2D eigenvalue weighted by Crippen LogP contribution is 2.18. The molecule has 0 fully saturated rings. The molecule has 0 saturated heterocycles. The van der Waals surface area contributed by atoms with Crippen LogP contribution in [0.2, 0.25) is 0 Å². The van der Waals surface area contributed by atoms with E-state index in [1.54, 1.807) is 0 Å². The monoisotopic (exact) mass is 234 g/mol. The molecule has 0 aliphatic carbocycles. The van der Waals surface area contributed by atoms with Gasteiger partial charge < -0.3 is 5.11 Å². The van der Waals surface area contributed by atoms with Crippen LogP contribution in [0.4, 0.5) is 0 Å². The average Bonchev–Trinajstić information content (AvgIpc) is 2.37. The molecule has 17 heavy (non-hydrogen) atoms. The second-order valence-corrected chi connectivity index (χ2v) is 4.95. The first-order valence-electron chi connectivity index (χ1n) is 6.98. The number of hydrogen-bond acceptors (Lipinski definition) is 1. The molecule has 1 N–H and O–H groups in total. The molecule has 96 valence electrons. The Balaban J connectivity index is 2.18. The van der Waals surface area contributed by atoms with Gasteiger partial charge in [0.1, 0.15) is 0 Å². The van der Waals surface area contributed by atoms with Crippen molar-refractivity contribution in [2.45, 2.75) is 58.5 Å². The van der Waals surface area contributed by atoms with Crippen LogP contribution in [-0.2, 0) is 6.42 Å². The molecule has 1 aromatic rings. The molecule has 0 heterocycles. The Hall–Kier alpha value is -0.820. The SMILES string of the molecule is CCC(CC)CC(O)CCCc1ccccc1. The molecular weight excluding hydrogens is 208 g/mol. The average molecular weight is 234 g/mol. The predicted molar refractivity (Wildman–Crippen MR) is 74.1 cm³/mol. The Bertz CT molecular complexity index is 277. The van der Waals surface area contributed by atoms with Gasteiger partial charge in [0.05, 0.1) is 6.10 Å². The lowest BCUT2D eigenvalue weighted by Gasteiger charge is -2.17. The van der Waals surface area contributed by atoms with Gasteiger partial charge in [-0.05, 0) is 37.2 Å². The Labute approximate surface area is 106 Å². The molecule has 0 spiro atoms. The Kier molecular flexibility index (Phi) is 6.95. The van der Waals surface area contributed by atoms with Crippen LogP contribution in [0.5, 0.6) is 0 Å². The first-order valence-corrected chi connectivity index (χ1v) is 6.98. The summed E-state index contributed by atoms with van der Waals surface area (Å²) in [5.41, 5.74) is 1.38. The van der Waals surface area contributed by atoms with E-state index < -0.39 is 0 Å². The van der Waals surface area contributed by atoms with E-state index in [4.69, 9.17) is 0 Å². The van der Waals surface area contributed by atoms with Gasteiger partial charge in [0.15, 0.2) is 0 Å². The van der Waals surface area contributed by atoms with Gasteiger partial charge in [0, 0.05) is 0 Å². The zero-order chi connectivity index (χ0) is 12.5. The Morgan fingerprint density at radius 2 is 1.71 bits per heavy atom. The molecule has 0 aliphatic rings. The van der Waals surface area contributed by atoms with Gasteiger partial charge in [0.2, 0.25) is 0 Å². The number of hydrogen-bond donors (Lipinski definition) is 1. The molecule has 1 atom stereocenters. The number of aryl methyl sites for hydroxylation is 1. The van der Waals surface area contributed by atoms with Crippen LogP contribution < -0.4 is 0 Å². The molecule has 1 unspecified atom stereocenters. The van der Waals surface area contributed by atoms with Crippen LogP contribution in [0.3, 0.4) is 0 Å². The van der Waals surface area contributed by atoms with Crippen LogP contribution in [-0.4, -0.2) is 11.2 Å². The Morgan fingerprint density at radius 3 is 2.29 bits per heavy atom. The van der Waals surface area contributed by atoms with Gasteiger partial charge in [0.25, 0.3) is 0 Å². The van der Waals surface area contributed by atoms with Gasteiger partial charge in [-0.2, -0.15) is 0 Å². The maximum Gasteiger partial charge on any atom is 0.0543 e. The van der Waals surface area contributed by atoms with Crippen molar-refractivity contribution in [3.05, 3.63) is 35.9 Å². The van der Waals surface area contributed by atoms with Crippen molar-refractivity contribution in [1.82, 2.24) is 0 Å². The lowest BCUT2D eigenvalue weighted by molar-refractivity contribution is 0.128. The van der Waals surface area contributed by atoms with Crippen LogP contribution in [0, 0.1) is 5.92 Å². The zero-order valence-electron chi connectivity index (χ0n) is 11.2. The summed E-state index contributed by atoms with van der Waals surface area (Å²) in [6, 6.07) is 10.5. The van der Waals surface area contributed by atoms with Crippen molar-refractivity contribution < 1.29 is 5.11 Å². The van der Waals surface area contributed by atoms with E-state index >= 15 is 0 Å². The van der Waals surface area contributed by atoms with E-state index in [1.807, 2.05) is 6.07 Å². The fourth-order valence-corrected chi connectivity index (χ4v) is 2.31. The molecule has 1 rings (SSSR count). The molecule has 1 heteroatoms. The van der Waals surface area contributed by atoms with Crippen LogP contribution >= 0.6 is 0 Å². The fraction of sp³-hybridized carbons (Fsp3) is 0.625. The maximum atomic E-state index is 9.96. The van der Waals surface area contributed by atoms with Crippen LogP contribution in [0.15, 0.2) is 30.3 Å². The summed E-state index contributed by atoms with van der Waals surface area (Å²) < 4.78 is 0. The summed E-state index contributed by atoms with van der Waals surface area (Å²) in [5.74, 6) is 0.696. The van der Waals surface area contributed by atoms with E-state index in [-0.39, 0.29) is 6.10 Å². The molecule has 0 aliphatic heterocycles. The van der Waals surface area contributed by atoms with Crippen LogP contribution in [0.25, 0.3) is 0 Å². The summed E-state index contributed by atoms with van der Waals surface area (Å²) in [6.45, 7) is 4.43. The second-order valence-electron chi connectivity index (χ2n) is 4.95. The van der Waals surface area contributed by atoms with Crippen molar-refractivity contribution in [1.29, 1.82) is 0 Å². The molecule has 0 bridgehead atoms. The zero-order valence-corrected chi connectivity index (χ0v) is 11.2. The van der Waals surface area contributed by atoms with Crippen molar-refractivity contribution in [3.63, 3.8) is 0 Å². The molecule has 0 aromatic heterocycles. The minimum absolute atomic E-state index is 0.108. The third-order valence-electron chi connectivity index (χ3n) is 3.61. The van der Waals surface area contributed by atoms with Gasteiger partial charge >= 0.3 is 0 Å². The maximum absolute atomic E-state index is 9.96. The van der Waals surface area contributed by atoms with Crippen molar-refractivity contribution in [2.75, 3.05) is 0 Å². The smallest absolute Gasteiger partial charge is 0.0543 e. The Morgan fingerprint density at radius 1 is 1.06 bits per heavy atom. The van der Waals surface area contributed by atoms with E-state index in [0.29, 0.717) is 5.92 Å². The van der Waals surface area contributed by atoms with E-state index in [1.165, 1.54) is 18.4 Å². The number of aliphatic hydroxyl groups excluding tert-OH is 1. The van der Waals surface area contributed by atoms with Crippen molar-refractivity contribution >= 4 is 0 Å². The van der Waals surface area contributed by atoms with Crippen molar-refractivity contribution in [3.8, 4) is 0 Å². The van der Waals surface area contributed by atoms with Gasteiger partial charge in [-0.1, -0.05) is 57.0 Å². The van der Waals surface area contributed by atoms with Gasteiger partial charge in [-0.15, -0.1) is 0 Å². The fourth-order valence-electron chi connectivity index (χ4n) is 2.31. The summed E-state index contributed by atoms with van der Waals surface area (Å²) in [4.78, 5) is 0. The largest absolute Gasteiger partial charge is 0.393 e. The predicted octanol–water partition coefficient (Wildman–Crippen LogP) is 4.20. The minimum atomic E-state index is -0.108. The third-order valence-corrected chi connectivity index (χ3v) is 3.61. The highest BCUT2D eigenvalue weighted by Gasteiger charge is 2.10. The molecule has 1 aromatic carbocycles. The summed E-state index contributed by atoms with van der Waals surface area (Å²) in [6.07, 6.45) is 6.35. The molecular formula is C16H26O. The highest BCUT2D eigenvalue weighted by atomic mass is 16.3. The molecule has 1 nitrogen and oxygen atoms in total. The first-order chi connectivity index (χ1) is 8.26. The van der Waals surface area contributed by atoms with Gasteiger partial charge in [-0.25, -0.2) is 0 Å². The lowest BCUT2D eigenvalue weighted by atomic mass is 9.93. The van der Waals surface area contributed by atoms with Crippen molar-refractivity contribution in [2.24, 2.45) is 5.92 Å². The minimum Gasteiger partial charge on any atom is -0.393 e. The third kappa shape index (κ3) is 5.88. The standard InChI is InChI=1S/C16H26O/c1-3-14(4-2)13-16(17)12-8-11-15-9-6-5-7-10-15/h5-7,9-10,14,16-17H,3-4,8,11-13H2,1-2H3. The molecule has 0 saturated carbocycles. The summed E-state index contributed by atoms with van der Waals surface area (Å²) in [5, 5.41) is 9.96. The number of benzene rings is 1. The quantitative estimate of drug-likeness (QED) is 0.715. The molecule has 0 amide bonds. The van der Waals surface area contributed by atoms with Gasteiger partial charge in [-0.3, -0.25) is 0 Å².